The Hall–Kier alpha value is -3.05. The second-order valence-corrected chi connectivity index (χ2v) is 11.4. The molecule has 0 amide bonds. The molecule has 0 saturated heterocycles. The first-order valence-electron chi connectivity index (χ1n) is 14.0. The average Bonchev–Trinajstić information content (AvgIpc) is 3.04. The number of benzene rings is 2. The fraction of sp³-hybridized carbons (Fsp3) is 0.469. The summed E-state index contributed by atoms with van der Waals surface area (Å²) in [4.78, 5) is 14.9. The molecule has 2 N–H and O–H groups in total. The topological polar surface area (TPSA) is 61.8 Å². The number of hydrogen-bond donors (Lipinski definition) is 2. The second-order valence-electron chi connectivity index (χ2n) is 11.4. The van der Waals surface area contributed by atoms with Gasteiger partial charge in [-0.2, -0.15) is 0 Å². The van der Waals surface area contributed by atoms with Crippen molar-refractivity contribution >= 4 is 17.7 Å². The maximum Gasteiger partial charge on any atom is 0.311 e. The minimum Gasteiger partial charge on any atom is -0.490 e. The van der Waals surface area contributed by atoms with Crippen LogP contribution >= 0.6 is 0 Å². The molecule has 0 aromatic heterocycles. The number of nitrogens with one attached hydrogen (secondary N) is 1. The van der Waals surface area contributed by atoms with Crippen molar-refractivity contribution in [2.45, 2.75) is 49.9 Å². The Morgan fingerprint density at radius 1 is 1.03 bits per heavy atom. The third kappa shape index (κ3) is 4.82. The fourth-order valence-electron chi connectivity index (χ4n) is 6.78. The molecule has 2 heterocycles. The van der Waals surface area contributed by atoms with Crippen LogP contribution in [0.2, 0.25) is 0 Å². The molecule has 1 spiro atoms. The van der Waals surface area contributed by atoms with Crippen LogP contribution in [-0.2, 0) is 10.2 Å². The number of carboxylic acids is 1. The van der Waals surface area contributed by atoms with E-state index in [1.165, 1.54) is 24.0 Å². The van der Waals surface area contributed by atoms with E-state index in [1.807, 2.05) is 12.1 Å². The van der Waals surface area contributed by atoms with Gasteiger partial charge in [0.1, 0.15) is 5.75 Å². The molecule has 2 bridgehead atoms. The van der Waals surface area contributed by atoms with E-state index in [2.05, 4.69) is 64.9 Å². The SMILES string of the molecule is O=C(O)C1CCNCCC=CCC2CCC2CN2CC3(CC=Cc4ccccc43)COc3ccc1cc32. The van der Waals surface area contributed by atoms with Gasteiger partial charge in [-0.25, -0.2) is 0 Å². The molecular formula is C32H38N2O3. The summed E-state index contributed by atoms with van der Waals surface area (Å²) >= 11 is 0. The minimum absolute atomic E-state index is 0.124. The summed E-state index contributed by atoms with van der Waals surface area (Å²) in [6.07, 6.45) is 15.4. The van der Waals surface area contributed by atoms with Gasteiger partial charge in [-0.15, -0.1) is 0 Å². The first-order chi connectivity index (χ1) is 18.1. The molecule has 37 heavy (non-hydrogen) atoms. The number of anilines is 1. The molecule has 0 radical (unpaired) electrons. The van der Waals surface area contributed by atoms with E-state index < -0.39 is 11.9 Å². The van der Waals surface area contributed by atoms with Crippen LogP contribution < -0.4 is 15.0 Å². The number of ether oxygens (including phenoxy) is 1. The number of fused-ring (bicyclic) bond motifs is 4. The van der Waals surface area contributed by atoms with Crippen LogP contribution in [-0.4, -0.2) is 43.9 Å². The number of aliphatic carboxylic acids is 1. The van der Waals surface area contributed by atoms with E-state index >= 15 is 0 Å². The van der Waals surface area contributed by atoms with Crippen LogP contribution in [0.15, 0.2) is 60.7 Å². The minimum atomic E-state index is -0.759. The van der Waals surface area contributed by atoms with Crippen LogP contribution in [0, 0.1) is 11.8 Å². The molecule has 2 aromatic carbocycles. The highest BCUT2D eigenvalue weighted by Crippen LogP contribution is 2.46. The molecule has 1 fully saturated rings. The zero-order chi connectivity index (χ0) is 25.2. The molecule has 1 saturated carbocycles. The average molecular weight is 499 g/mol. The predicted molar refractivity (Wildman–Crippen MR) is 148 cm³/mol. The molecule has 4 unspecified atom stereocenters. The van der Waals surface area contributed by atoms with E-state index in [4.69, 9.17) is 4.74 Å². The van der Waals surface area contributed by atoms with Gasteiger partial charge in [-0.05, 0) is 92.3 Å². The number of carbonyl (C=O) groups is 1. The highest BCUT2D eigenvalue weighted by atomic mass is 16.5. The van der Waals surface area contributed by atoms with Crippen LogP contribution in [0.3, 0.4) is 0 Å². The van der Waals surface area contributed by atoms with E-state index in [-0.39, 0.29) is 5.41 Å². The van der Waals surface area contributed by atoms with E-state index in [0.29, 0.717) is 31.4 Å². The molecule has 2 aromatic rings. The van der Waals surface area contributed by atoms with Gasteiger partial charge in [0.2, 0.25) is 0 Å². The summed E-state index contributed by atoms with van der Waals surface area (Å²) in [6.45, 7) is 4.08. The lowest BCUT2D eigenvalue weighted by Crippen LogP contribution is -2.47. The summed E-state index contributed by atoms with van der Waals surface area (Å²) in [5.41, 5.74) is 4.46. The van der Waals surface area contributed by atoms with Crippen molar-refractivity contribution in [2.24, 2.45) is 11.8 Å². The van der Waals surface area contributed by atoms with Crippen molar-refractivity contribution in [3.63, 3.8) is 0 Å². The Morgan fingerprint density at radius 3 is 2.78 bits per heavy atom. The molecule has 5 nitrogen and oxygen atoms in total. The predicted octanol–water partition coefficient (Wildman–Crippen LogP) is 5.76. The maximum absolute atomic E-state index is 12.3. The van der Waals surface area contributed by atoms with Crippen molar-refractivity contribution in [3.05, 3.63) is 77.4 Å². The van der Waals surface area contributed by atoms with Gasteiger partial charge in [-0.3, -0.25) is 4.79 Å². The van der Waals surface area contributed by atoms with Crippen molar-refractivity contribution in [1.82, 2.24) is 5.32 Å². The maximum atomic E-state index is 12.3. The monoisotopic (exact) mass is 498 g/mol. The zero-order valence-electron chi connectivity index (χ0n) is 21.6. The zero-order valence-corrected chi connectivity index (χ0v) is 21.6. The Bertz CT molecular complexity index is 1200. The first-order valence-corrected chi connectivity index (χ1v) is 14.0. The van der Waals surface area contributed by atoms with Gasteiger partial charge in [0.25, 0.3) is 0 Å². The van der Waals surface area contributed by atoms with Crippen molar-refractivity contribution in [2.75, 3.05) is 37.7 Å². The van der Waals surface area contributed by atoms with Crippen LogP contribution in [0.25, 0.3) is 6.08 Å². The molecule has 4 aliphatic rings. The summed E-state index contributed by atoms with van der Waals surface area (Å²) in [5.74, 6) is 0.953. The van der Waals surface area contributed by atoms with Gasteiger partial charge < -0.3 is 20.1 Å². The lowest BCUT2D eigenvalue weighted by molar-refractivity contribution is -0.138. The molecule has 2 aliphatic carbocycles. The standard InChI is InChI=1S/C32H38N2O3/c35-31(36)27-15-18-33-17-5-1-2-7-23-11-12-26(23)20-34-21-32(16-6-9-24-8-3-4-10-28(24)32)22-37-30-14-13-25(27)19-29(30)34/h1-4,6,8-10,13-14,19,23,26-27,33H,5,7,11-12,15-18,20-22H2,(H,35,36). The third-order valence-corrected chi connectivity index (χ3v) is 9.09. The summed E-state index contributed by atoms with van der Waals surface area (Å²) < 4.78 is 6.59. The number of carboxylic acid groups (broad SMARTS) is 1. The molecule has 4 atom stereocenters. The van der Waals surface area contributed by atoms with Gasteiger partial charge in [0, 0.05) is 13.1 Å². The molecule has 5 heteroatoms. The van der Waals surface area contributed by atoms with E-state index in [1.54, 1.807) is 0 Å². The smallest absolute Gasteiger partial charge is 0.311 e. The van der Waals surface area contributed by atoms with Crippen LogP contribution in [0.4, 0.5) is 5.69 Å². The second kappa shape index (κ2) is 10.4. The lowest BCUT2D eigenvalue weighted by Gasteiger charge is -2.43. The largest absolute Gasteiger partial charge is 0.490 e. The Balaban J connectivity index is 1.40. The molecule has 2 aliphatic heterocycles. The molecule has 194 valence electrons. The molecule has 6 rings (SSSR count). The first kappa shape index (κ1) is 24.3. The molecular weight excluding hydrogens is 460 g/mol. The van der Waals surface area contributed by atoms with Crippen LogP contribution in [0.5, 0.6) is 5.75 Å². The van der Waals surface area contributed by atoms with Gasteiger partial charge in [0.15, 0.2) is 0 Å². The summed E-state index contributed by atoms with van der Waals surface area (Å²) in [5, 5.41) is 13.5. The van der Waals surface area contributed by atoms with Crippen molar-refractivity contribution in [1.29, 1.82) is 0 Å². The van der Waals surface area contributed by atoms with Gasteiger partial charge in [-0.1, -0.05) is 54.6 Å². The summed E-state index contributed by atoms with van der Waals surface area (Å²) in [6, 6.07) is 14.8. The van der Waals surface area contributed by atoms with E-state index in [9.17, 15) is 9.90 Å². The Kier molecular flexibility index (Phi) is 6.81. The number of nitrogens with zero attached hydrogens (tertiary/aromatic N) is 1. The van der Waals surface area contributed by atoms with Crippen molar-refractivity contribution in [3.8, 4) is 5.75 Å². The Morgan fingerprint density at radius 2 is 1.92 bits per heavy atom. The van der Waals surface area contributed by atoms with Gasteiger partial charge >= 0.3 is 5.97 Å². The van der Waals surface area contributed by atoms with Gasteiger partial charge in [0.05, 0.1) is 23.6 Å². The highest BCUT2D eigenvalue weighted by molar-refractivity contribution is 5.77. The number of allylic oxidation sites excluding steroid dienone is 2. The normalized spacial score (nSPS) is 29.4. The quantitative estimate of drug-likeness (QED) is 0.489. The van der Waals surface area contributed by atoms with Crippen LogP contribution in [0.1, 0.15) is 61.1 Å². The lowest BCUT2D eigenvalue weighted by atomic mass is 9.70. The number of rotatable bonds is 1. The third-order valence-electron chi connectivity index (χ3n) is 9.09. The highest BCUT2D eigenvalue weighted by Gasteiger charge is 2.42. The summed E-state index contributed by atoms with van der Waals surface area (Å²) in [7, 11) is 0. The Labute approximate surface area is 220 Å². The van der Waals surface area contributed by atoms with E-state index in [0.717, 1.165) is 55.9 Å². The number of hydrogen-bond acceptors (Lipinski definition) is 4. The van der Waals surface area contributed by atoms with Crippen molar-refractivity contribution < 1.29 is 14.6 Å². The fourth-order valence-corrected chi connectivity index (χ4v) is 6.78.